The van der Waals surface area contributed by atoms with Gasteiger partial charge in [0.25, 0.3) is 5.91 Å². The summed E-state index contributed by atoms with van der Waals surface area (Å²) < 4.78 is 1.78. The lowest BCUT2D eigenvalue weighted by Gasteiger charge is -2.12. The number of aryl methyl sites for hydroxylation is 2. The van der Waals surface area contributed by atoms with E-state index in [1.165, 1.54) is 6.20 Å². The zero-order chi connectivity index (χ0) is 15.6. The average molecular weight is 289 g/mol. The van der Waals surface area contributed by atoms with Crippen LogP contribution in [0.3, 0.4) is 0 Å². The molecule has 112 valence electrons. The molecule has 6 heteroatoms. The maximum absolute atomic E-state index is 12.4. The van der Waals surface area contributed by atoms with E-state index in [0.717, 1.165) is 5.69 Å². The summed E-state index contributed by atoms with van der Waals surface area (Å²) in [6.07, 6.45) is 0.862. The Morgan fingerprint density at radius 3 is 2.81 bits per heavy atom. The quantitative estimate of drug-likeness (QED) is 0.873. The molecule has 0 aliphatic carbocycles. The molecule has 0 saturated carbocycles. The highest BCUT2D eigenvalue weighted by Crippen LogP contribution is 2.10. The number of hydrogen-bond donors (Lipinski definition) is 2. The SMILES string of the molecule is CCn1cc(C(=O)NC[C@H](C)O)c(=O)c2ccc(C)nc21. The van der Waals surface area contributed by atoms with Crippen molar-refractivity contribution in [2.45, 2.75) is 33.4 Å². The van der Waals surface area contributed by atoms with Crippen molar-refractivity contribution in [3.8, 4) is 0 Å². The van der Waals surface area contributed by atoms with Gasteiger partial charge >= 0.3 is 0 Å². The molecule has 0 saturated heterocycles. The topological polar surface area (TPSA) is 84.2 Å². The molecule has 1 amide bonds. The normalized spacial score (nSPS) is 12.4. The van der Waals surface area contributed by atoms with Crippen LogP contribution in [-0.2, 0) is 6.54 Å². The number of carbonyl (C=O) groups excluding carboxylic acids is 1. The van der Waals surface area contributed by atoms with E-state index in [0.29, 0.717) is 17.6 Å². The Balaban J connectivity index is 2.56. The first-order valence-corrected chi connectivity index (χ1v) is 6.91. The van der Waals surface area contributed by atoms with Crippen LogP contribution < -0.4 is 10.7 Å². The van der Waals surface area contributed by atoms with Crippen LogP contribution in [0.15, 0.2) is 23.1 Å². The van der Waals surface area contributed by atoms with E-state index in [9.17, 15) is 14.7 Å². The highest BCUT2D eigenvalue weighted by atomic mass is 16.3. The van der Waals surface area contributed by atoms with Gasteiger partial charge in [-0.05, 0) is 32.9 Å². The Hall–Kier alpha value is -2.21. The summed E-state index contributed by atoms with van der Waals surface area (Å²) in [6, 6.07) is 3.44. The van der Waals surface area contributed by atoms with Gasteiger partial charge in [0, 0.05) is 25.0 Å². The number of aliphatic hydroxyl groups is 1. The molecule has 0 aromatic carbocycles. The zero-order valence-electron chi connectivity index (χ0n) is 12.4. The van der Waals surface area contributed by atoms with Gasteiger partial charge in [0.15, 0.2) is 0 Å². The number of fused-ring (bicyclic) bond motifs is 1. The summed E-state index contributed by atoms with van der Waals surface area (Å²) in [6.45, 7) is 6.05. The smallest absolute Gasteiger partial charge is 0.256 e. The minimum atomic E-state index is -0.660. The number of nitrogens with zero attached hydrogens (tertiary/aromatic N) is 2. The molecule has 2 aromatic heterocycles. The number of nitrogens with one attached hydrogen (secondary N) is 1. The van der Waals surface area contributed by atoms with Crippen molar-refractivity contribution in [3.05, 3.63) is 39.8 Å². The third-order valence-electron chi connectivity index (χ3n) is 3.20. The Bertz CT molecular complexity index is 735. The van der Waals surface area contributed by atoms with Gasteiger partial charge in [-0.25, -0.2) is 4.98 Å². The lowest BCUT2D eigenvalue weighted by molar-refractivity contribution is 0.0922. The van der Waals surface area contributed by atoms with Crippen LogP contribution in [0.25, 0.3) is 11.0 Å². The molecule has 0 aliphatic heterocycles. The van der Waals surface area contributed by atoms with E-state index >= 15 is 0 Å². The Morgan fingerprint density at radius 1 is 1.48 bits per heavy atom. The van der Waals surface area contributed by atoms with Crippen molar-refractivity contribution in [2.24, 2.45) is 0 Å². The predicted octanol–water partition coefficient (Wildman–Crippen LogP) is 0.835. The first-order chi connectivity index (χ1) is 9.93. The molecular weight excluding hydrogens is 270 g/mol. The second kappa shape index (κ2) is 6.05. The highest BCUT2D eigenvalue weighted by molar-refractivity contribution is 5.96. The van der Waals surface area contributed by atoms with Gasteiger partial charge in [-0.3, -0.25) is 9.59 Å². The third kappa shape index (κ3) is 3.11. The molecule has 2 heterocycles. The standard InChI is InChI=1S/C15H19N3O3/c1-4-18-8-12(15(21)16-7-10(3)19)13(20)11-6-5-9(2)17-14(11)18/h5-6,8,10,19H,4,7H2,1-3H3,(H,16,21)/t10-/m0/s1. The predicted molar refractivity (Wildman–Crippen MR) is 80.4 cm³/mol. The Morgan fingerprint density at radius 2 is 2.19 bits per heavy atom. The number of aromatic nitrogens is 2. The lowest BCUT2D eigenvalue weighted by atomic mass is 10.1. The first kappa shape index (κ1) is 15.2. The van der Waals surface area contributed by atoms with Crippen LogP contribution in [-0.4, -0.2) is 33.2 Å². The number of hydrogen-bond acceptors (Lipinski definition) is 4. The number of rotatable bonds is 4. The summed E-state index contributed by atoms with van der Waals surface area (Å²) >= 11 is 0. The summed E-state index contributed by atoms with van der Waals surface area (Å²) in [5, 5.41) is 12.2. The van der Waals surface area contributed by atoms with Crippen molar-refractivity contribution in [2.75, 3.05) is 6.54 Å². The Kier molecular flexibility index (Phi) is 4.37. The zero-order valence-corrected chi connectivity index (χ0v) is 12.4. The van der Waals surface area contributed by atoms with Gasteiger partial charge in [0.05, 0.1) is 11.5 Å². The summed E-state index contributed by atoms with van der Waals surface area (Å²) in [4.78, 5) is 28.9. The van der Waals surface area contributed by atoms with Gasteiger partial charge in [0.1, 0.15) is 11.2 Å². The largest absolute Gasteiger partial charge is 0.392 e. The van der Waals surface area contributed by atoms with Crippen LogP contribution in [0.1, 0.15) is 29.9 Å². The molecule has 0 aliphatic rings. The van der Waals surface area contributed by atoms with Crippen molar-refractivity contribution in [3.63, 3.8) is 0 Å². The minimum Gasteiger partial charge on any atom is -0.392 e. The molecule has 2 N–H and O–H groups in total. The van der Waals surface area contributed by atoms with Crippen LogP contribution >= 0.6 is 0 Å². The average Bonchev–Trinajstić information content (AvgIpc) is 2.45. The molecule has 0 bridgehead atoms. The molecular formula is C15H19N3O3. The Labute approximate surface area is 122 Å². The molecule has 21 heavy (non-hydrogen) atoms. The molecule has 2 aromatic rings. The van der Waals surface area contributed by atoms with E-state index in [1.54, 1.807) is 23.6 Å². The molecule has 2 rings (SSSR count). The number of amides is 1. The number of pyridine rings is 2. The minimum absolute atomic E-state index is 0.0654. The van der Waals surface area contributed by atoms with Gasteiger partial charge < -0.3 is 15.0 Å². The summed E-state index contributed by atoms with van der Waals surface area (Å²) in [5.74, 6) is -0.481. The number of carbonyl (C=O) groups is 1. The second-order valence-corrected chi connectivity index (χ2v) is 5.04. The molecule has 0 fully saturated rings. The molecule has 6 nitrogen and oxygen atoms in total. The van der Waals surface area contributed by atoms with Crippen molar-refractivity contribution in [1.29, 1.82) is 0 Å². The maximum Gasteiger partial charge on any atom is 0.256 e. The molecule has 0 spiro atoms. The highest BCUT2D eigenvalue weighted by Gasteiger charge is 2.16. The monoisotopic (exact) mass is 289 g/mol. The number of aliphatic hydroxyl groups excluding tert-OH is 1. The maximum atomic E-state index is 12.4. The van der Waals surface area contributed by atoms with Crippen LogP contribution in [0.5, 0.6) is 0 Å². The van der Waals surface area contributed by atoms with Crippen LogP contribution in [0, 0.1) is 6.92 Å². The summed E-state index contributed by atoms with van der Waals surface area (Å²) in [7, 11) is 0. The molecule has 1 atom stereocenters. The lowest BCUT2D eigenvalue weighted by Crippen LogP contribution is -2.34. The van der Waals surface area contributed by atoms with E-state index in [-0.39, 0.29) is 17.5 Å². The third-order valence-corrected chi connectivity index (χ3v) is 3.20. The first-order valence-electron chi connectivity index (χ1n) is 6.91. The van der Waals surface area contributed by atoms with Crippen molar-refractivity contribution < 1.29 is 9.90 Å². The van der Waals surface area contributed by atoms with Gasteiger partial charge in [-0.2, -0.15) is 0 Å². The van der Waals surface area contributed by atoms with Crippen molar-refractivity contribution >= 4 is 16.9 Å². The summed E-state index contributed by atoms with van der Waals surface area (Å²) in [5.41, 5.74) is 1.12. The van der Waals surface area contributed by atoms with Gasteiger partial charge in [-0.15, -0.1) is 0 Å². The fourth-order valence-corrected chi connectivity index (χ4v) is 2.10. The van der Waals surface area contributed by atoms with E-state index < -0.39 is 12.0 Å². The van der Waals surface area contributed by atoms with Crippen LogP contribution in [0.4, 0.5) is 0 Å². The molecule has 0 unspecified atom stereocenters. The van der Waals surface area contributed by atoms with E-state index in [1.807, 2.05) is 13.8 Å². The second-order valence-electron chi connectivity index (χ2n) is 5.04. The fourth-order valence-electron chi connectivity index (χ4n) is 2.10. The van der Waals surface area contributed by atoms with Crippen LogP contribution in [0.2, 0.25) is 0 Å². The van der Waals surface area contributed by atoms with Gasteiger partial charge in [0.2, 0.25) is 5.43 Å². The molecule has 0 radical (unpaired) electrons. The van der Waals surface area contributed by atoms with Crippen molar-refractivity contribution in [1.82, 2.24) is 14.9 Å². The van der Waals surface area contributed by atoms with E-state index in [2.05, 4.69) is 10.3 Å². The fraction of sp³-hybridized carbons (Fsp3) is 0.400. The van der Waals surface area contributed by atoms with E-state index in [4.69, 9.17) is 0 Å². The van der Waals surface area contributed by atoms with Gasteiger partial charge in [-0.1, -0.05) is 0 Å².